The van der Waals surface area contributed by atoms with Gasteiger partial charge in [0.15, 0.2) is 6.61 Å². The topological polar surface area (TPSA) is 114 Å². The standard InChI is InChI=1S/C14H18N4O5.ClH/c1-9(15-2)6-16-13(19)7-17-11-5-10(18(21)22)3-4-12(11)23-8-14(17)20;/h3-5,9,15H,6-8H2,1-2H3,(H,16,19);1H. The second-order valence-corrected chi connectivity index (χ2v) is 5.17. The van der Waals surface area contributed by atoms with Gasteiger partial charge in [-0.15, -0.1) is 12.4 Å². The van der Waals surface area contributed by atoms with E-state index >= 15 is 0 Å². The Bertz CT molecular complexity index is 640. The van der Waals surface area contributed by atoms with Gasteiger partial charge in [-0.3, -0.25) is 24.6 Å². The van der Waals surface area contributed by atoms with E-state index in [0.717, 1.165) is 0 Å². The van der Waals surface area contributed by atoms with Gasteiger partial charge in [0.05, 0.1) is 10.6 Å². The number of non-ortho nitro benzene ring substituents is 1. The molecule has 0 bridgehead atoms. The predicted octanol–water partition coefficient (Wildman–Crippen LogP) is 0.466. The van der Waals surface area contributed by atoms with Crippen molar-refractivity contribution < 1.29 is 19.2 Å². The molecule has 1 aromatic rings. The van der Waals surface area contributed by atoms with Crippen LogP contribution in [0.2, 0.25) is 0 Å². The van der Waals surface area contributed by atoms with Crippen molar-refractivity contribution in [1.82, 2.24) is 10.6 Å². The molecule has 1 unspecified atom stereocenters. The summed E-state index contributed by atoms with van der Waals surface area (Å²) in [7, 11) is 1.78. The quantitative estimate of drug-likeness (QED) is 0.564. The molecule has 0 aliphatic carbocycles. The molecule has 0 spiro atoms. The normalized spacial score (nSPS) is 14.1. The number of nitrogens with zero attached hydrogens (tertiary/aromatic N) is 2. The maximum Gasteiger partial charge on any atom is 0.271 e. The number of nitro groups is 1. The first-order chi connectivity index (χ1) is 10.9. The number of amides is 2. The lowest BCUT2D eigenvalue weighted by Gasteiger charge is -2.28. The number of benzene rings is 1. The van der Waals surface area contributed by atoms with Gasteiger partial charge in [-0.05, 0) is 20.0 Å². The van der Waals surface area contributed by atoms with Crippen LogP contribution in [-0.4, -0.2) is 49.5 Å². The molecule has 0 saturated carbocycles. The van der Waals surface area contributed by atoms with Gasteiger partial charge in [0.25, 0.3) is 11.6 Å². The van der Waals surface area contributed by atoms with E-state index in [1.54, 1.807) is 7.05 Å². The smallest absolute Gasteiger partial charge is 0.271 e. The van der Waals surface area contributed by atoms with E-state index in [-0.39, 0.29) is 48.9 Å². The first-order valence-electron chi connectivity index (χ1n) is 7.08. The number of carbonyl (C=O) groups excluding carboxylic acids is 2. The minimum absolute atomic E-state index is 0. The molecule has 1 heterocycles. The molecular weight excluding hydrogens is 340 g/mol. The Kier molecular flexibility index (Phi) is 6.93. The zero-order chi connectivity index (χ0) is 17.0. The number of nitrogens with one attached hydrogen (secondary N) is 2. The second kappa shape index (κ2) is 8.46. The maximum absolute atomic E-state index is 12.0. The molecule has 24 heavy (non-hydrogen) atoms. The lowest BCUT2D eigenvalue weighted by molar-refractivity contribution is -0.384. The van der Waals surface area contributed by atoms with Crippen LogP contribution >= 0.6 is 12.4 Å². The molecule has 9 nitrogen and oxygen atoms in total. The highest BCUT2D eigenvalue weighted by atomic mass is 35.5. The molecule has 1 aliphatic heterocycles. The Hall–Kier alpha value is -2.39. The molecule has 2 rings (SSSR count). The molecule has 10 heteroatoms. The van der Waals surface area contributed by atoms with Crippen LogP contribution in [0.1, 0.15) is 6.92 Å². The first-order valence-corrected chi connectivity index (χ1v) is 7.08. The number of hydrogen-bond acceptors (Lipinski definition) is 6. The number of carbonyl (C=O) groups is 2. The van der Waals surface area contributed by atoms with Crippen molar-refractivity contribution in [3.63, 3.8) is 0 Å². The number of nitro benzene ring substituents is 1. The van der Waals surface area contributed by atoms with Crippen molar-refractivity contribution in [2.75, 3.05) is 31.6 Å². The highest BCUT2D eigenvalue weighted by Crippen LogP contribution is 2.34. The molecule has 0 saturated heterocycles. The Morgan fingerprint density at radius 3 is 2.83 bits per heavy atom. The van der Waals surface area contributed by atoms with Crippen molar-refractivity contribution in [2.45, 2.75) is 13.0 Å². The fourth-order valence-electron chi connectivity index (χ4n) is 2.05. The van der Waals surface area contributed by atoms with Crippen LogP contribution in [0, 0.1) is 10.1 Å². The van der Waals surface area contributed by atoms with Gasteiger partial charge in [-0.25, -0.2) is 0 Å². The number of hydrogen-bond donors (Lipinski definition) is 2. The van der Waals surface area contributed by atoms with Crippen molar-refractivity contribution in [1.29, 1.82) is 0 Å². The number of fused-ring (bicyclic) bond motifs is 1. The average molecular weight is 359 g/mol. The van der Waals surface area contributed by atoms with Gasteiger partial charge in [-0.2, -0.15) is 0 Å². The van der Waals surface area contributed by atoms with Gasteiger partial charge in [0, 0.05) is 24.7 Å². The SMILES string of the molecule is CNC(C)CNC(=O)CN1C(=O)COc2ccc([N+](=O)[O-])cc21.Cl. The second-order valence-electron chi connectivity index (χ2n) is 5.17. The minimum atomic E-state index is -0.563. The van der Waals surface area contributed by atoms with E-state index in [0.29, 0.717) is 12.3 Å². The molecular formula is C14H19ClN4O5. The van der Waals surface area contributed by atoms with Gasteiger partial charge >= 0.3 is 0 Å². The van der Waals surface area contributed by atoms with Crippen LogP contribution in [0.5, 0.6) is 5.75 Å². The average Bonchev–Trinajstić information content (AvgIpc) is 2.54. The van der Waals surface area contributed by atoms with Crippen molar-refractivity contribution >= 4 is 35.6 Å². The molecule has 1 atom stereocenters. The highest BCUT2D eigenvalue weighted by Gasteiger charge is 2.29. The summed E-state index contributed by atoms with van der Waals surface area (Å²) in [5.41, 5.74) is 0.0588. The third-order valence-electron chi connectivity index (χ3n) is 3.50. The van der Waals surface area contributed by atoms with Crippen LogP contribution in [-0.2, 0) is 9.59 Å². The fourth-order valence-corrected chi connectivity index (χ4v) is 2.05. The van der Waals surface area contributed by atoms with E-state index in [2.05, 4.69) is 10.6 Å². The Morgan fingerprint density at radius 1 is 1.50 bits per heavy atom. The summed E-state index contributed by atoms with van der Waals surface area (Å²) < 4.78 is 5.24. The predicted molar refractivity (Wildman–Crippen MR) is 89.7 cm³/mol. The zero-order valence-corrected chi connectivity index (χ0v) is 14.1. The highest BCUT2D eigenvalue weighted by molar-refractivity contribution is 6.02. The Morgan fingerprint density at radius 2 is 2.21 bits per heavy atom. The van der Waals surface area contributed by atoms with Gasteiger partial charge in [0.1, 0.15) is 12.3 Å². The van der Waals surface area contributed by atoms with Crippen LogP contribution in [0.15, 0.2) is 18.2 Å². The zero-order valence-electron chi connectivity index (χ0n) is 13.3. The van der Waals surface area contributed by atoms with Crippen molar-refractivity contribution in [3.05, 3.63) is 28.3 Å². The summed E-state index contributed by atoms with van der Waals surface area (Å²) in [6, 6.07) is 4.04. The number of likely N-dealkylation sites (N-methyl/N-ethyl adjacent to an activating group) is 1. The van der Waals surface area contributed by atoms with Crippen LogP contribution in [0.3, 0.4) is 0 Å². The van der Waals surface area contributed by atoms with Crippen LogP contribution in [0.25, 0.3) is 0 Å². The molecule has 0 radical (unpaired) electrons. The molecule has 1 aromatic carbocycles. The van der Waals surface area contributed by atoms with E-state index in [4.69, 9.17) is 4.74 Å². The summed E-state index contributed by atoms with van der Waals surface area (Å²) >= 11 is 0. The molecule has 0 fully saturated rings. The number of halogens is 1. The first kappa shape index (κ1) is 19.7. The molecule has 2 amide bonds. The molecule has 0 aromatic heterocycles. The van der Waals surface area contributed by atoms with Gasteiger partial charge < -0.3 is 15.4 Å². The number of ether oxygens (including phenoxy) is 1. The Balaban J connectivity index is 0.00000288. The van der Waals surface area contributed by atoms with E-state index in [1.165, 1.54) is 23.1 Å². The minimum Gasteiger partial charge on any atom is -0.482 e. The number of rotatable bonds is 6. The fraction of sp³-hybridized carbons (Fsp3) is 0.429. The monoisotopic (exact) mass is 358 g/mol. The van der Waals surface area contributed by atoms with Gasteiger partial charge in [0.2, 0.25) is 5.91 Å². The van der Waals surface area contributed by atoms with E-state index in [9.17, 15) is 19.7 Å². The van der Waals surface area contributed by atoms with Crippen molar-refractivity contribution in [2.24, 2.45) is 0 Å². The Labute approximate surface area is 144 Å². The lowest BCUT2D eigenvalue weighted by atomic mass is 10.2. The van der Waals surface area contributed by atoms with E-state index in [1.807, 2.05) is 6.92 Å². The van der Waals surface area contributed by atoms with Crippen LogP contribution in [0.4, 0.5) is 11.4 Å². The summed E-state index contributed by atoms with van der Waals surface area (Å²) in [6.07, 6.45) is 0. The summed E-state index contributed by atoms with van der Waals surface area (Å²) in [5, 5.41) is 16.6. The van der Waals surface area contributed by atoms with Crippen molar-refractivity contribution in [3.8, 4) is 5.75 Å². The summed E-state index contributed by atoms with van der Waals surface area (Å²) in [4.78, 5) is 35.5. The molecule has 1 aliphatic rings. The third-order valence-corrected chi connectivity index (χ3v) is 3.50. The summed E-state index contributed by atoms with van der Waals surface area (Å²) in [6.45, 7) is 1.90. The number of anilines is 1. The van der Waals surface area contributed by atoms with E-state index < -0.39 is 10.8 Å². The third kappa shape index (κ3) is 4.56. The molecule has 2 N–H and O–H groups in total. The summed E-state index contributed by atoms with van der Waals surface area (Å²) in [5.74, 6) is -0.429. The van der Waals surface area contributed by atoms with Gasteiger partial charge in [-0.1, -0.05) is 0 Å². The molecule has 132 valence electrons. The lowest BCUT2D eigenvalue weighted by Crippen LogP contribution is -2.47. The van der Waals surface area contributed by atoms with Crippen LogP contribution < -0.4 is 20.3 Å². The largest absolute Gasteiger partial charge is 0.482 e. The maximum atomic E-state index is 12.0.